The summed E-state index contributed by atoms with van der Waals surface area (Å²) in [6.07, 6.45) is 1.65. The minimum atomic E-state index is -0.131. The number of methoxy groups -OCH3 is 5. The largest absolute Gasteiger partial charge is 0.493 e. The fraction of sp³-hybridized carbons (Fsp3) is 0.400. The summed E-state index contributed by atoms with van der Waals surface area (Å²) < 4.78 is 32.4. The average Bonchev–Trinajstić information content (AvgIpc) is 3.41. The van der Waals surface area contributed by atoms with Gasteiger partial charge < -0.3 is 33.1 Å². The van der Waals surface area contributed by atoms with Gasteiger partial charge >= 0.3 is 0 Å². The Bertz CT molecular complexity index is 1170. The van der Waals surface area contributed by atoms with Gasteiger partial charge in [0.15, 0.2) is 23.0 Å². The highest BCUT2D eigenvalue weighted by molar-refractivity contribution is 5.95. The molecule has 35 heavy (non-hydrogen) atoms. The van der Waals surface area contributed by atoms with E-state index in [1.54, 1.807) is 43.4 Å². The maximum Gasteiger partial charge on any atom is 0.254 e. The number of nitrogens with zero attached hydrogens (tertiary/aromatic N) is 3. The van der Waals surface area contributed by atoms with Crippen LogP contribution in [-0.2, 0) is 0 Å². The quantitative estimate of drug-likeness (QED) is 0.473. The predicted molar refractivity (Wildman–Crippen MR) is 127 cm³/mol. The first kappa shape index (κ1) is 24.2. The second-order valence-corrected chi connectivity index (χ2v) is 8.03. The van der Waals surface area contributed by atoms with E-state index in [-0.39, 0.29) is 11.8 Å². The summed E-state index contributed by atoms with van der Waals surface area (Å²) in [5, 5.41) is 4.15. The van der Waals surface area contributed by atoms with Crippen LogP contribution >= 0.6 is 0 Å². The van der Waals surface area contributed by atoms with E-state index >= 15 is 0 Å². The number of ether oxygens (including phenoxy) is 5. The monoisotopic (exact) mass is 483 g/mol. The van der Waals surface area contributed by atoms with Crippen molar-refractivity contribution in [3.63, 3.8) is 0 Å². The van der Waals surface area contributed by atoms with Crippen LogP contribution in [0.4, 0.5) is 0 Å². The topological polar surface area (TPSA) is 105 Å². The molecule has 1 saturated heterocycles. The van der Waals surface area contributed by atoms with Gasteiger partial charge in [0.25, 0.3) is 5.91 Å². The lowest BCUT2D eigenvalue weighted by molar-refractivity contribution is 0.0694. The Labute approximate surface area is 203 Å². The lowest BCUT2D eigenvalue weighted by atomic mass is 9.97. The number of carbonyl (C=O) groups excluding carboxylic acids is 1. The van der Waals surface area contributed by atoms with Crippen LogP contribution in [0.3, 0.4) is 0 Å². The fourth-order valence-electron chi connectivity index (χ4n) is 4.24. The third-order valence-corrected chi connectivity index (χ3v) is 6.05. The maximum atomic E-state index is 13.4. The van der Waals surface area contributed by atoms with Crippen molar-refractivity contribution in [2.45, 2.75) is 18.8 Å². The van der Waals surface area contributed by atoms with Crippen molar-refractivity contribution >= 4 is 5.91 Å². The van der Waals surface area contributed by atoms with E-state index in [0.29, 0.717) is 59.1 Å². The Balaban J connectivity index is 1.53. The van der Waals surface area contributed by atoms with Crippen LogP contribution in [-0.4, -0.2) is 69.6 Å². The lowest BCUT2D eigenvalue weighted by Crippen LogP contribution is -2.39. The number of hydrogen-bond acceptors (Lipinski definition) is 9. The average molecular weight is 484 g/mol. The third kappa shape index (κ3) is 4.82. The molecule has 4 rings (SSSR count). The van der Waals surface area contributed by atoms with Crippen molar-refractivity contribution in [1.82, 2.24) is 15.0 Å². The van der Waals surface area contributed by atoms with Gasteiger partial charge in [-0.15, -0.1) is 0 Å². The van der Waals surface area contributed by atoms with E-state index in [1.807, 2.05) is 6.07 Å². The summed E-state index contributed by atoms with van der Waals surface area (Å²) in [6.45, 7) is 1.09. The minimum absolute atomic E-state index is 0.0730. The van der Waals surface area contributed by atoms with Gasteiger partial charge in [-0.1, -0.05) is 5.16 Å². The first-order valence-corrected chi connectivity index (χ1v) is 11.2. The molecular weight excluding hydrogens is 454 g/mol. The first-order valence-electron chi connectivity index (χ1n) is 11.2. The summed E-state index contributed by atoms with van der Waals surface area (Å²) in [7, 11) is 7.73. The molecule has 1 aromatic heterocycles. The third-order valence-electron chi connectivity index (χ3n) is 6.05. The molecule has 0 unspecified atom stereocenters. The van der Waals surface area contributed by atoms with E-state index in [4.69, 9.17) is 28.2 Å². The highest BCUT2D eigenvalue weighted by Gasteiger charge is 2.30. The molecular formula is C25H29N3O7. The first-order chi connectivity index (χ1) is 17.0. The van der Waals surface area contributed by atoms with Gasteiger partial charge in [-0.3, -0.25) is 4.79 Å². The van der Waals surface area contributed by atoms with E-state index in [9.17, 15) is 4.79 Å². The van der Waals surface area contributed by atoms with E-state index in [0.717, 1.165) is 18.4 Å². The number of hydrogen-bond donors (Lipinski definition) is 0. The molecule has 1 amide bonds. The zero-order valence-electron chi connectivity index (χ0n) is 20.5. The normalized spacial score (nSPS) is 15.5. The fourth-order valence-corrected chi connectivity index (χ4v) is 4.24. The Morgan fingerprint density at radius 2 is 1.60 bits per heavy atom. The Kier molecular flexibility index (Phi) is 7.28. The van der Waals surface area contributed by atoms with Gasteiger partial charge in [0.1, 0.15) is 0 Å². The number of rotatable bonds is 8. The number of benzene rings is 2. The molecule has 186 valence electrons. The maximum absolute atomic E-state index is 13.4. The molecule has 0 saturated carbocycles. The number of amides is 1. The molecule has 1 aliphatic heterocycles. The molecule has 0 bridgehead atoms. The van der Waals surface area contributed by atoms with Gasteiger partial charge in [-0.05, 0) is 43.2 Å². The summed E-state index contributed by atoms with van der Waals surface area (Å²) >= 11 is 0. The van der Waals surface area contributed by atoms with Crippen LogP contribution in [0.5, 0.6) is 28.7 Å². The molecule has 1 atom stereocenters. The van der Waals surface area contributed by atoms with Crippen molar-refractivity contribution in [1.29, 1.82) is 0 Å². The van der Waals surface area contributed by atoms with Gasteiger partial charge in [-0.2, -0.15) is 4.98 Å². The summed E-state index contributed by atoms with van der Waals surface area (Å²) in [5.74, 6) is 3.25. The lowest BCUT2D eigenvalue weighted by Gasteiger charge is -2.31. The molecule has 0 spiro atoms. The van der Waals surface area contributed by atoms with Crippen LogP contribution in [0.15, 0.2) is 34.9 Å². The molecule has 2 heterocycles. The van der Waals surface area contributed by atoms with Crippen LogP contribution in [0, 0.1) is 0 Å². The van der Waals surface area contributed by atoms with Crippen LogP contribution < -0.4 is 23.7 Å². The molecule has 2 aromatic carbocycles. The Hall–Kier alpha value is -3.95. The highest BCUT2D eigenvalue weighted by Crippen LogP contribution is 2.39. The highest BCUT2D eigenvalue weighted by atomic mass is 16.5. The van der Waals surface area contributed by atoms with Gasteiger partial charge in [0, 0.05) is 24.2 Å². The van der Waals surface area contributed by atoms with Gasteiger partial charge in [0.05, 0.1) is 41.5 Å². The molecule has 0 radical (unpaired) electrons. The van der Waals surface area contributed by atoms with Crippen molar-refractivity contribution in [3.8, 4) is 40.1 Å². The smallest absolute Gasteiger partial charge is 0.254 e. The molecule has 3 aromatic rings. The van der Waals surface area contributed by atoms with Gasteiger partial charge in [0.2, 0.25) is 17.5 Å². The molecule has 1 fully saturated rings. The number of aromatic nitrogens is 2. The predicted octanol–water partition coefficient (Wildman–Crippen LogP) is 3.80. The molecule has 10 nitrogen and oxygen atoms in total. The van der Waals surface area contributed by atoms with Crippen LogP contribution in [0.1, 0.15) is 35.0 Å². The van der Waals surface area contributed by atoms with E-state index in [2.05, 4.69) is 10.1 Å². The number of likely N-dealkylation sites (tertiary alicyclic amines) is 1. The summed E-state index contributed by atoms with van der Waals surface area (Å²) in [6, 6.07) is 8.76. The van der Waals surface area contributed by atoms with E-state index in [1.165, 1.54) is 21.3 Å². The second kappa shape index (κ2) is 10.5. The zero-order chi connectivity index (χ0) is 24.9. The molecule has 0 N–H and O–H groups in total. The Morgan fingerprint density at radius 3 is 2.23 bits per heavy atom. The standard InChI is InChI=1S/C25H29N3O7/c1-30-18-9-8-15(11-19(18)31-2)23-26-24(35-27-23)16-7-6-10-28(14-16)25(29)17-12-20(32-3)22(34-5)21(13-17)33-4/h8-9,11-13,16H,6-7,10,14H2,1-5H3/t16-/m1/s1. The molecule has 1 aliphatic rings. The van der Waals surface area contributed by atoms with Crippen molar-refractivity contribution < 1.29 is 33.0 Å². The van der Waals surface area contributed by atoms with Crippen LogP contribution in [0.25, 0.3) is 11.4 Å². The van der Waals surface area contributed by atoms with Crippen molar-refractivity contribution in [3.05, 3.63) is 41.8 Å². The zero-order valence-corrected chi connectivity index (χ0v) is 20.5. The van der Waals surface area contributed by atoms with E-state index < -0.39 is 0 Å². The molecule has 10 heteroatoms. The van der Waals surface area contributed by atoms with Gasteiger partial charge in [-0.25, -0.2) is 0 Å². The number of piperidine rings is 1. The summed E-state index contributed by atoms with van der Waals surface area (Å²) in [4.78, 5) is 19.7. The number of carbonyl (C=O) groups is 1. The van der Waals surface area contributed by atoms with Crippen LogP contribution in [0.2, 0.25) is 0 Å². The van der Waals surface area contributed by atoms with Crippen molar-refractivity contribution in [2.75, 3.05) is 48.6 Å². The van der Waals surface area contributed by atoms with Crippen molar-refractivity contribution in [2.24, 2.45) is 0 Å². The molecule has 0 aliphatic carbocycles. The SMILES string of the molecule is COc1ccc(-c2noc([C@@H]3CCCN(C(=O)c4cc(OC)c(OC)c(OC)c4)C3)n2)cc1OC. The Morgan fingerprint density at radius 1 is 0.914 bits per heavy atom. The summed E-state index contributed by atoms with van der Waals surface area (Å²) in [5.41, 5.74) is 1.20. The minimum Gasteiger partial charge on any atom is -0.493 e. The second-order valence-electron chi connectivity index (χ2n) is 8.03.